The number of carbonyl (C=O) groups excluding carboxylic acids is 1. The fraction of sp³-hybridized carbons (Fsp3) is 0.333. The summed E-state index contributed by atoms with van der Waals surface area (Å²) in [5.41, 5.74) is 2.08. The summed E-state index contributed by atoms with van der Waals surface area (Å²) in [5, 5.41) is 9.60. The van der Waals surface area contributed by atoms with Crippen LogP contribution in [0.4, 0.5) is 9.80 Å². The molecule has 0 bridgehead atoms. The van der Waals surface area contributed by atoms with E-state index in [2.05, 4.69) is 10.5 Å². The lowest BCUT2D eigenvalue weighted by Crippen LogP contribution is -2.38. The number of fused-ring (bicyclic) bond motifs is 1. The molecule has 0 saturated heterocycles. The molecule has 0 saturated carbocycles. The van der Waals surface area contributed by atoms with Gasteiger partial charge in [0.05, 0.1) is 17.2 Å². The summed E-state index contributed by atoms with van der Waals surface area (Å²) in [4.78, 5) is 13.8. The summed E-state index contributed by atoms with van der Waals surface area (Å²) in [6, 6.07) is 3.71. The van der Waals surface area contributed by atoms with Gasteiger partial charge in [-0.15, -0.1) is 11.3 Å². The van der Waals surface area contributed by atoms with Gasteiger partial charge in [0, 0.05) is 12.1 Å². The van der Waals surface area contributed by atoms with Gasteiger partial charge in [0.1, 0.15) is 0 Å². The Balaban J connectivity index is 1.70. The number of urea groups is 1. The van der Waals surface area contributed by atoms with E-state index in [1.165, 1.54) is 11.3 Å². The number of nitrogens with zero attached hydrogens (tertiary/aromatic N) is 2. The van der Waals surface area contributed by atoms with Gasteiger partial charge < -0.3 is 9.42 Å². The van der Waals surface area contributed by atoms with Crippen molar-refractivity contribution in [3.63, 3.8) is 0 Å². The van der Waals surface area contributed by atoms with Crippen molar-refractivity contribution in [2.45, 2.75) is 19.9 Å². The Bertz CT molecular complexity index is 562. The van der Waals surface area contributed by atoms with Crippen molar-refractivity contribution in [1.29, 1.82) is 0 Å². The molecule has 0 atom stereocenters. The Kier molecular flexibility index (Phi) is 2.79. The minimum atomic E-state index is -0.0860. The third-order valence-electron chi connectivity index (χ3n) is 3.07. The number of carbonyl (C=O) groups is 1. The maximum Gasteiger partial charge on any atom is 0.322 e. The highest BCUT2D eigenvalue weighted by Gasteiger charge is 2.25. The summed E-state index contributed by atoms with van der Waals surface area (Å²) in [5.74, 6) is 0.806. The lowest BCUT2D eigenvalue weighted by atomic mass is 10.1. The lowest BCUT2D eigenvalue weighted by molar-refractivity contribution is 0.196. The average molecular weight is 263 g/mol. The van der Waals surface area contributed by atoms with Crippen LogP contribution in [0.1, 0.15) is 17.0 Å². The van der Waals surface area contributed by atoms with Crippen LogP contribution in [0.25, 0.3) is 0 Å². The van der Waals surface area contributed by atoms with Crippen molar-refractivity contribution in [1.82, 2.24) is 10.1 Å². The quantitative estimate of drug-likeness (QED) is 0.860. The molecule has 18 heavy (non-hydrogen) atoms. The second-order valence-corrected chi connectivity index (χ2v) is 5.20. The monoisotopic (exact) mass is 263 g/mol. The van der Waals surface area contributed by atoms with E-state index in [1.807, 2.05) is 24.4 Å². The smallest absolute Gasteiger partial charge is 0.322 e. The topological polar surface area (TPSA) is 58.4 Å². The minimum absolute atomic E-state index is 0.0860. The highest BCUT2D eigenvalue weighted by atomic mass is 32.1. The number of amides is 2. The van der Waals surface area contributed by atoms with Gasteiger partial charge in [-0.1, -0.05) is 5.16 Å². The number of rotatable bonds is 1. The molecule has 1 aliphatic heterocycles. The van der Waals surface area contributed by atoms with Gasteiger partial charge in [0.25, 0.3) is 0 Å². The largest absolute Gasteiger partial charge is 0.359 e. The Labute approximate surface area is 108 Å². The number of thiophene rings is 1. The third-order valence-corrected chi connectivity index (χ3v) is 3.86. The molecule has 5 nitrogen and oxygen atoms in total. The van der Waals surface area contributed by atoms with E-state index in [-0.39, 0.29) is 6.03 Å². The zero-order chi connectivity index (χ0) is 12.5. The summed E-state index contributed by atoms with van der Waals surface area (Å²) in [7, 11) is 0. The number of aryl methyl sites for hydroxylation is 1. The van der Waals surface area contributed by atoms with Crippen LogP contribution in [0.5, 0.6) is 0 Å². The van der Waals surface area contributed by atoms with Crippen molar-refractivity contribution in [3.8, 4) is 0 Å². The van der Waals surface area contributed by atoms with Gasteiger partial charge in [-0.3, -0.25) is 5.32 Å². The van der Waals surface area contributed by atoms with Crippen molar-refractivity contribution in [2.75, 3.05) is 11.9 Å². The number of nitrogens with one attached hydrogen (secondary N) is 1. The first-order valence-corrected chi connectivity index (χ1v) is 6.65. The molecule has 0 radical (unpaired) electrons. The summed E-state index contributed by atoms with van der Waals surface area (Å²) in [6.45, 7) is 3.13. The Morgan fingerprint density at radius 3 is 3.28 bits per heavy atom. The normalized spacial score (nSPS) is 14.4. The van der Waals surface area contributed by atoms with E-state index >= 15 is 0 Å². The van der Waals surface area contributed by atoms with Gasteiger partial charge in [0.2, 0.25) is 0 Å². The van der Waals surface area contributed by atoms with E-state index in [0.29, 0.717) is 13.1 Å². The Morgan fingerprint density at radius 1 is 1.61 bits per heavy atom. The minimum Gasteiger partial charge on any atom is -0.359 e. The molecule has 0 spiro atoms. The Hall–Kier alpha value is -1.82. The molecule has 0 fully saturated rings. The van der Waals surface area contributed by atoms with Crippen LogP contribution in [0.3, 0.4) is 0 Å². The molecule has 2 amide bonds. The third kappa shape index (κ3) is 1.99. The standard InChI is InChI=1S/C12H13N3O2S/c1-8-9-4-5-15(7-10(9)17-14-8)12(16)13-11-3-2-6-18-11/h2-3,6H,4-5,7H2,1H3,(H,13,16). The maximum atomic E-state index is 12.0. The second-order valence-electron chi connectivity index (χ2n) is 4.25. The SMILES string of the molecule is Cc1noc2c1CCN(C(=O)Nc1cccs1)C2. The molecule has 0 aromatic carbocycles. The molecule has 1 aliphatic rings. The summed E-state index contributed by atoms with van der Waals surface area (Å²) < 4.78 is 5.23. The number of anilines is 1. The molecule has 3 heterocycles. The highest BCUT2D eigenvalue weighted by Crippen LogP contribution is 2.23. The molecule has 2 aromatic rings. The predicted molar refractivity (Wildman–Crippen MR) is 68.7 cm³/mol. The van der Waals surface area contributed by atoms with E-state index in [1.54, 1.807) is 4.90 Å². The van der Waals surface area contributed by atoms with Gasteiger partial charge in [-0.2, -0.15) is 0 Å². The lowest BCUT2D eigenvalue weighted by Gasteiger charge is -2.25. The molecule has 3 rings (SSSR count). The number of hydrogen-bond donors (Lipinski definition) is 1. The first kappa shape index (κ1) is 11.3. The van der Waals surface area contributed by atoms with Crippen molar-refractivity contribution in [3.05, 3.63) is 34.5 Å². The van der Waals surface area contributed by atoms with E-state index in [0.717, 1.165) is 28.4 Å². The fourth-order valence-corrected chi connectivity index (χ4v) is 2.69. The van der Waals surface area contributed by atoms with Gasteiger partial charge in [-0.25, -0.2) is 4.79 Å². The van der Waals surface area contributed by atoms with Crippen LogP contribution < -0.4 is 5.32 Å². The van der Waals surface area contributed by atoms with Crippen molar-refractivity contribution < 1.29 is 9.32 Å². The van der Waals surface area contributed by atoms with Crippen molar-refractivity contribution in [2.24, 2.45) is 0 Å². The Morgan fingerprint density at radius 2 is 2.50 bits per heavy atom. The molecule has 0 unspecified atom stereocenters. The molecule has 0 aliphatic carbocycles. The van der Waals surface area contributed by atoms with Gasteiger partial charge in [0.15, 0.2) is 5.76 Å². The zero-order valence-electron chi connectivity index (χ0n) is 9.97. The van der Waals surface area contributed by atoms with Crippen LogP contribution in [0.15, 0.2) is 22.0 Å². The van der Waals surface area contributed by atoms with Crippen LogP contribution in [-0.2, 0) is 13.0 Å². The number of hydrogen-bond acceptors (Lipinski definition) is 4. The fourth-order valence-electron chi connectivity index (χ4n) is 2.09. The average Bonchev–Trinajstić information content (AvgIpc) is 2.99. The molecule has 2 aromatic heterocycles. The predicted octanol–water partition coefficient (Wildman–Crippen LogP) is 2.63. The van der Waals surface area contributed by atoms with Gasteiger partial charge in [-0.05, 0) is 30.9 Å². The van der Waals surface area contributed by atoms with E-state index in [9.17, 15) is 4.79 Å². The number of aromatic nitrogens is 1. The first-order valence-electron chi connectivity index (χ1n) is 5.77. The highest BCUT2D eigenvalue weighted by molar-refractivity contribution is 7.14. The van der Waals surface area contributed by atoms with Crippen molar-refractivity contribution >= 4 is 22.4 Å². The van der Waals surface area contributed by atoms with E-state index in [4.69, 9.17) is 4.52 Å². The van der Waals surface area contributed by atoms with Crippen LogP contribution in [0, 0.1) is 6.92 Å². The first-order chi connectivity index (χ1) is 8.74. The van der Waals surface area contributed by atoms with Gasteiger partial charge >= 0.3 is 6.03 Å². The summed E-state index contributed by atoms with van der Waals surface area (Å²) >= 11 is 1.51. The maximum absolute atomic E-state index is 12.0. The molecular weight excluding hydrogens is 250 g/mol. The molecule has 94 valence electrons. The van der Waals surface area contributed by atoms with Crippen LogP contribution >= 0.6 is 11.3 Å². The van der Waals surface area contributed by atoms with E-state index < -0.39 is 0 Å². The molecular formula is C12H13N3O2S. The molecule has 1 N–H and O–H groups in total. The second kappa shape index (κ2) is 4.45. The zero-order valence-corrected chi connectivity index (χ0v) is 10.8. The summed E-state index contributed by atoms with van der Waals surface area (Å²) in [6.07, 6.45) is 0.808. The van der Waals surface area contributed by atoms with Crippen LogP contribution in [-0.4, -0.2) is 22.6 Å². The van der Waals surface area contributed by atoms with Crippen LogP contribution in [0.2, 0.25) is 0 Å². The molecule has 6 heteroatoms.